The van der Waals surface area contributed by atoms with Crippen molar-refractivity contribution >= 4 is 29.0 Å². The topological polar surface area (TPSA) is 66.9 Å². The van der Waals surface area contributed by atoms with Gasteiger partial charge in [0.25, 0.3) is 0 Å². The van der Waals surface area contributed by atoms with E-state index in [1.165, 1.54) is 0 Å². The Morgan fingerprint density at radius 3 is 2.53 bits per heavy atom. The molecule has 30 heavy (non-hydrogen) atoms. The van der Waals surface area contributed by atoms with Crippen LogP contribution in [0.5, 0.6) is 0 Å². The van der Waals surface area contributed by atoms with E-state index in [1.54, 1.807) is 0 Å². The molecule has 7 heteroatoms. The van der Waals surface area contributed by atoms with Gasteiger partial charge in [-0.25, -0.2) is 4.98 Å². The molecule has 0 saturated carbocycles. The van der Waals surface area contributed by atoms with Gasteiger partial charge < -0.3 is 15.5 Å². The number of piperazine rings is 1. The van der Waals surface area contributed by atoms with Crippen molar-refractivity contribution in [2.75, 3.05) is 31.1 Å². The third-order valence-electron chi connectivity index (χ3n) is 5.82. The van der Waals surface area contributed by atoms with Crippen molar-refractivity contribution in [1.82, 2.24) is 14.3 Å². The summed E-state index contributed by atoms with van der Waals surface area (Å²) in [4.78, 5) is 21.2. The normalized spacial score (nSPS) is 14.7. The number of fused-ring (bicyclic) bond motifs is 1. The Morgan fingerprint density at radius 1 is 1.17 bits per heavy atom. The molecule has 0 spiro atoms. The number of nitrogens with two attached hydrogens (primary N) is 1. The van der Waals surface area contributed by atoms with E-state index in [4.69, 9.17) is 17.3 Å². The summed E-state index contributed by atoms with van der Waals surface area (Å²) in [5.74, 6) is 1.30. The van der Waals surface area contributed by atoms with Gasteiger partial charge in [-0.05, 0) is 41.8 Å². The lowest BCUT2D eigenvalue weighted by atomic mass is 9.98. The van der Waals surface area contributed by atoms with Gasteiger partial charge in [0.05, 0.1) is 6.20 Å². The lowest BCUT2D eigenvalue weighted by molar-refractivity contribution is -0.134. The number of nitrogens with zero attached hydrogens (tertiary/aromatic N) is 4. The predicted molar refractivity (Wildman–Crippen MR) is 122 cm³/mol. The summed E-state index contributed by atoms with van der Waals surface area (Å²) in [6.07, 6.45) is 4.04. The highest BCUT2D eigenvalue weighted by Crippen LogP contribution is 2.31. The second-order valence-electron chi connectivity index (χ2n) is 8.19. The van der Waals surface area contributed by atoms with Crippen LogP contribution in [-0.4, -0.2) is 46.4 Å². The molecule has 2 aromatic heterocycles. The first-order valence-corrected chi connectivity index (χ1v) is 10.8. The number of amides is 1. The number of carbonyl (C=O) groups excluding carboxylic acids is 1. The molecule has 2 N–H and O–H groups in total. The number of pyridine rings is 1. The molecule has 1 fully saturated rings. The van der Waals surface area contributed by atoms with Gasteiger partial charge >= 0.3 is 0 Å². The van der Waals surface area contributed by atoms with Gasteiger partial charge in [0, 0.05) is 55.4 Å². The molecular formula is C23H28ClN5O. The fraction of sp³-hybridized carbons (Fsp3) is 0.391. The zero-order valence-corrected chi connectivity index (χ0v) is 18.5. The van der Waals surface area contributed by atoms with Gasteiger partial charge in [0.15, 0.2) is 0 Å². The summed E-state index contributed by atoms with van der Waals surface area (Å²) >= 11 is 6.16. The number of anilines is 1. The minimum Gasteiger partial charge on any atom is -0.353 e. The molecule has 1 amide bonds. The first-order chi connectivity index (χ1) is 14.4. The summed E-state index contributed by atoms with van der Waals surface area (Å²) in [5.41, 5.74) is 11.3. The van der Waals surface area contributed by atoms with E-state index in [-0.39, 0.29) is 11.8 Å². The molecular weight excluding hydrogens is 398 g/mol. The van der Waals surface area contributed by atoms with E-state index in [9.17, 15) is 4.79 Å². The Hall–Kier alpha value is -2.57. The second-order valence-corrected chi connectivity index (χ2v) is 8.62. The van der Waals surface area contributed by atoms with Crippen LogP contribution in [0, 0.1) is 12.8 Å². The van der Waals surface area contributed by atoms with E-state index in [0.717, 1.165) is 64.9 Å². The van der Waals surface area contributed by atoms with E-state index < -0.39 is 0 Å². The molecule has 3 heterocycles. The number of imidazole rings is 1. The van der Waals surface area contributed by atoms with Crippen LogP contribution in [0.1, 0.15) is 25.0 Å². The summed E-state index contributed by atoms with van der Waals surface area (Å²) in [7, 11) is 0. The standard InChI is InChI=1S/C23H28ClN5O/c1-15(2)23(30)28-8-6-27(7-9-28)22-13-26-21-11-17(12-25)20(14-29(21)22)19-5-4-18(24)10-16(19)3/h4-5,10-11,13-15H,6-9,12,25H2,1-3H3. The minimum absolute atomic E-state index is 0.0344. The Labute approximate surface area is 182 Å². The molecule has 1 aliphatic heterocycles. The molecule has 1 aliphatic rings. The van der Waals surface area contributed by atoms with Crippen molar-refractivity contribution in [2.24, 2.45) is 11.7 Å². The summed E-state index contributed by atoms with van der Waals surface area (Å²) < 4.78 is 2.13. The number of halogens is 1. The highest BCUT2D eigenvalue weighted by molar-refractivity contribution is 6.30. The Kier molecular flexibility index (Phi) is 5.71. The Balaban J connectivity index is 1.69. The van der Waals surface area contributed by atoms with E-state index in [1.807, 2.05) is 43.1 Å². The number of carbonyl (C=O) groups is 1. The van der Waals surface area contributed by atoms with Crippen LogP contribution in [0.15, 0.2) is 36.7 Å². The van der Waals surface area contributed by atoms with Gasteiger partial charge in [0.1, 0.15) is 11.5 Å². The summed E-state index contributed by atoms with van der Waals surface area (Å²) in [6.45, 7) is 9.45. The first kappa shape index (κ1) is 20.7. The Morgan fingerprint density at radius 2 is 1.90 bits per heavy atom. The summed E-state index contributed by atoms with van der Waals surface area (Å²) in [6, 6.07) is 7.99. The van der Waals surface area contributed by atoms with Crippen LogP contribution in [0.2, 0.25) is 5.02 Å². The van der Waals surface area contributed by atoms with Crippen molar-refractivity contribution in [1.29, 1.82) is 0 Å². The number of benzene rings is 1. The lowest BCUT2D eigenvalue weighted by Crippen LogP contribution is -2.50. The SMILES string of the molecule is Cc1cc(Cl)ccc1-c1cn2c(N3CCN(C(=O)C(C)C)CC3)cnc2cc1CN. The van der Waals surface area contributed by atoms with Crippen LogP contribution >= 0.6 is 11.6 Å². The minimum atomic E-state index is 0.0344. The zero-order valence-electron chi connectivity index (χ0n) is 17.7. The molecule has 4 rings (SSSR count). The van der Waals surface area contributed by atoms with Gasteiger partial charge in [-0.2, -0.15) is 0 Å². The van der Waals surface area contributed by atoms with Crippen molar-refractivity contribution in [3.63, 3.8) is 0 Å². The number of hydrogen-bond acceptors (Lipinski definition) is 4. The van der Waals surface area contributed by atoms with Crippen molar-refractivity contribution in [3.8, 4) is 11.1 Å². The summed E-state index contributed by atoms with van der Waals surface area (Å²) in [5, 5.41) is 0.726. The largest absolute Gasteiger partial charge is 0.353 e. The van der Waals surface area contributed by atoms with Crippen LogP contribution in [-0.2, 0) is 11.3 Å². The number of rotatable bonds is 4. The average molecular weight is 426 g/mol. The molecule has 0 unspecified atom stereocenters. The number of aryl methyl sites for hydroxylation is 1. The van der Waals surface area contributed by atoms with Gasteiger partial charge in [-0.3, -0.25) is 9.20 Å². The lowest BCUT2D eigenvalue weighted by Gasteiger charge is -2.36. The van der Waals surface area contributed by atoms with E-state index in [0.29, 0.717) is 6.54 Å². The maximum absolute atomic E-state index is 12.3. The van der Waals surface area contributed by atoms with Crippen LogP contribution in [0.25, 0.3) is 16.8 Å². The molecule has 1 saturated heterocycles. The smallest absolute Gasteiger partial charge is 0.225 e. The molecule has 6 nitrogen and oxygen atoms in total. The predicted octanol–water partition coefficient (Wildman–Crippen LogP) is 3.73. The van der Waals surface area contributed by atoms with Crippen molar-refractivity contribution in [3.05, 3.63) is 52.8 Å². The second kappa shape index (κ2) is 8.28. The monoisotopic (exact) mass is 425 g/mol. The first-order valence-electron chi connectivity index (χ1n) is 10.4. The van der Waals surface area contributed by atoms with Crippen LogP contribution < -0.4 is 10.6 Å². The molecule has 1 aromatic carbocycles. The van der Waals surface area contributed by atoms with Gasteiger partial charge in [0.2, 0.25) is 5.91 Å². The van der Waals surface area contributed by atoms with Gasteiger partial charge in [-0.15, -0.1) is 0 Å². The van der Waals surface area contributed by atoms with E-state index >= 15 is 0 Å². The molecule has 0 radical (unpaired) electrons. The van der Waals surface area contributed by atoms with Crippen LogP contribution in [0.4, 0.5) is 5.82 Å². The van der Waals surface area contributed by atoms with Crippen molar-refractivity contribution in [2.45, 2.75) is 27.3 Å². The van der Waals surface area contributed by atoms with Gasteiger partial charge in [-0.1, -0.05) is 31.5 Å². The number of aromatic nitrogens is 2. The molecule has 0 aliphatic carbocycles. The number of hydrogen-bond donors (Lipinski definition) is 1. The maximum Gasteiger partial charge on any atom is 0.225 e. The molecule has 0 bridgehead atoms. The quantitative estimate of drug-likeness (QED) is 0.691. The molecule has 158 valence electrons. The average Bonchev–Trinajstić information content (AvgIpc) is 3.15. The zero-order chi connectivity index (χ0) is 21.4. The maximum atomic E-state index is 12.3. The molecule has 3 aromatic rings. The fourth-order valence-electron chi connectivity index (χ4n) is 4.15. The highest BCUT2D eigenvalue weighted by atomic mass is 35.5. The fourth-order valence-corrected chi connectivity index (χ4v) is 4.37. The van der Waals surface area contributed by atoms with E-state index in [2.05, 4.69) is 33.5 Å². The van der Waals surface area contributed by atoms with Crippen LogP contribution in [0.3, 0.4) is 0 Å². The third kappa shape index (κ3) is 3.77. The third-order valence-corrected chi connectivity index (χ3v) is 6.06. The Bertz CT molecular complexity index is 1080. The molecule has 0 atom stereocenters. The highest BCUT2D eigenvalue weighted by Gasteiger charge is 2.24. The van der Waals surface area contributed by atoms with Crippen molar-refractivity contribution < 1.29 is 4.79 Å².